The normalized spacial score (nSPS) is 11.9. The van der Waals surface area contributed by atoms with E-state index in [-0.39, 0.29) is 18.0 Å². The van der Waals surface area contributed by atoms with Gasteiger partial charge in [0.1, 0.15) is 11.9 Å². The van der Waals surface area contributed by atoms with Crippen LogP contribution < -0.4 is 4.74 Å². The van der Waals surface area contributed by atoms with Crippen molar-refractivity contribution in [2.24, 2.45) is 0 Å². The second-order valence-electron chi connectivity index (χ2n) is 4.34. The Hall–Kier alpha value is -2.44. The smallest absolute Gasteiger partial charge is 0.275 e. The Morgan fingerprint density at radius 1 is 1.19 bits per heavy atom. The Balaban J connectivity index is 2.24. The van der Waals surface area contributed by atoms with Crippen LogP contribution in [-0.4, -0.2) is 23.9 Å². The Kier molecular flexibility index (Phi) is 4.86. The lowest BCUT2D eigenvalue weighted by atomic mass is 10.00. The lowest BCUT2D eigenvalue weighted by Gasteiger charge is -2.12. The van der Waals surface area contributed by atoms with Gasteiger partial charge in [-0.25, -0.2) is 0 Å². The molecule has 0 radical (unpaired) electrons. The second kappa shape index (κ2) is 6.83. The van der Waals surface area contributed by atoms with E-state index < -0.39 is 11.0 Å². The third-order valence-electron chi connectivity index (χ3n) is 2.97. The quantitative estimate of drug-likeness (QED) is 0.502. The number of ether oxygens (including phenoxy) is 2. The molecule has 0 aliphatic heterocycles. The number of aliphatic hydroxyl groups is 1. The van der Waals surface area contributed by atoms with Gasteiger partial charge in [-0.05, 0) is 23.8 Å². The van der Waals surface area contributed by atoms with E-state index in [1.807, 2.05) is 0 Å². The van der Waals surface area contributed by atoms with Gasteiger partial charge in [0.25, 0.3) is 5.69 Å². The maximum atomic E-state index is 11.0. The largest absolute Gasteiger partial charge is 0.468 e. The van der Waals surface area contributed by atoms with Crippen LogP contribution in [0.3, 0.4) is 0 Å². The molecule has 0 heterocycles. The van der Waals surface area contributed by atoms with Crippen LogP contribution >= 0.6 is 0 Å². The van der Waals surface area contributed by atoms with E-state index in [0.717, 1.165) is 0 Å². The van der Waals surface area contributed by atoms with E-state index in [0.29, 0.717) is 11.3 Å². The minimum Gasteiger partial charge on any atom is -0.468 e. The number of rotatable bonds is 6. The third kappa shape index (κ3) is 3.56. The molecule has 1 atom stereocenters. The van der Waals surface area contributed by atoms with Crippen molar-refractivity contribution in [2.45, 2.75) is 6.10 Å². The van der Waals surface area contributed by atoms with Gasteiger partial charge in [0.15, 0.2) is 6.79 Å². The lowest BCUT2D eigenvalue weighted by Crippen LogP contribution is -2.04. The summed E-state index contributed by atoms with van der Waals surface area (Å²) in [5.41, 5.74) is 0.701. The zero-order chi connectivity index (χ0) is 15.2. The van der Waals surface area contributed by atoms with Crippen LogP contribution in [0.4, 0.5) is 5.69 Å². The van der Waals surface area contributed by atoms with Crippen molar-refractivity contribution in [3.63, 3.8) is 0 Å². The molecule has 0 saturated heterocycles. The molecule has 2 aromatic rings. The SMILES string of the molecule is COCOc1ccc(C(O)c2ccccc2[N+](=O)[O-])cc1. The summed E-state index contributed by atoms with van der Waals surface area (Å²) in [6.07, 6.45) is -1.07. The topological polar surface area (TPSA) is 81.8 Å². The molecule has 1 unspecified atom stereocenters. The molecule has 110 valence electrons. The van der Waals surface area contributed by atoms with Crippen LogP contribution in [0.15, 0.2) is 48.5 Å². The number of aliphatic hydroxyl groups excluding tert-OH is 1. The summed E-state index contributed by atoms with van der Waals surface area (Å²) in [4.78, 5) is 10.5. The van der Waals surface area contributed by atoms with Crippen LogP contribution in [0.25, 0.3) is 0 Å². The first-order chi connectivity index (χ1) is 10.1. The highest BCUT2D eigenvalue weighted by Crippen LogP contribution is 2.30. The predicted octanol–water partition coefficient (Wildman–Crippen LogP) is 2.66. The Morgan fingerprint density at radius 3 is 2.48 bits per heavy atom. The molecule has 21 heavy (non-hydrogen) atoms. The van der Waals surface area contributed by atoms with Gasteiger partial charge in [-0.15, -0.1) is 0 Å². The van der Waals surface area contributed by atoms with Crippen molar-refractivity contribution in [3.05, 3.63) is 69.8 Å². The average molecular weight is 289 g/mol. The van der Waals surface area contributed by atoms with E-state index >= 15 is 0 Å². The van der Waals surface area contributed by atoms with E-state index in [9.17, 15) is 15.2 Å². The van der Waals surface area contributed by atoms with Crippen molar-refractivity contribution >= 4 is 5.69 Å². The van der Waals surface area contributed by atoms with E-state index in [2.05, 4.69) is 0 Å². The lowest BCUT2D eigenvalue weighted by molar-refractivity contribution is -0.386. The first-order valence-corrected chi connectivity index (χ1v) is 6.26. The van der Waals surface area contributed by atoms with Crippen molar-refractivity contribution in [1.82, 2.24) is 0 Å². The monoisotopic (exact) mass is 289 g/mol. The van der Waals surface area contributed by atoms with Crippen LogP contribution in [-0.2, 0) is 4.74 Å². The van der Waals surface area contributed by atoms with Crippen LogP contribution in [0.5, 0.6) is 5.75 Å². The molecule has 0 amide bonds. The van der Waals surface area contributed by atoms with Crippen molar-refractivity contribution in [2.75, 3.05) is 13.9 Å². The zero-order valence-corrected chi connectivity index (χ0v) is 11.4. The number of benzene rings is 2. The van der Waals surface area contributed by atoms with Crippen molar-refractivity contribution in [1.29, 1.82) is 0 Å². The highest BCUT2D eigenvalue weighted by atomic mass is 16.7. The van der Waals surface area contributed by atoms with E-state index in [1.54, 1.807) is 36.4 Å². The highest BCUT2D eigenvalue weighted by Gasteiger charge is 2.20. The fourth-order valence-corrected chi connectivity index (χ4v) is 1.94. The fourth-order valence-electron chi connectivity index (χ4n) is 1.94. The van der Waals surface area contributed by atoms with Gasteiger partial charge in [0.2, 0.25) is 0 Å². The number of nitro groups is 1. The van der Waals surface area contributed by atoms with Gasteiger partial charge in [0.05, 0.1) is 10.5 Å². The number of methoxy groups -OCH3 is 1. The summed E-state index contributed by atoms with van der Waals surface area (Å²) in [6.45, 7) is 0.131. The van der Waals surface area contributed by atoms with Gasteiger partial charge in [-0.1, -0.05) is 24.3 Å². The molecule has 0 aliphatic carbocycles. The van der Waals surface area contributed by atoms with Gasteiger partial charge >= 0.3 is 0 Å². The summed E-state index contributed by atoms with van der Waals surface area (Å²) in [5.74, 6) is 0.593. The van der Waals surface area contributed by atoms with E-state index in [4.69, 9.17) is 9.47 Å². The van der Waals surface area contributed by atoms with Gasteiger partial charge < -0.3 is 14.6 Å². The van der Waals surface area contributed by atoms with E-state index in [1.165, 1.54) is 19.2 Å². The summed E-state index contributed by atoms with van der Waals surface area (Å²) in [6, 6.07) is 12.8. The molecule has 2 aromatic carbocycles. The molecule has 0 aromatic heterocycles. The fraction of sp³-hybridized carbons (Fsp3) is 0.200. The van der Waals surface area contributed by atoms with Gasteiger partial charge in [-0.3, -0.25) is 10.1 Å². The molecule has 0 bridgehead atoms. The zero-order valence-electron chi connectivity index (χ0n) is 11.4. The molecule has 0 spiro atoms. The van der Waals surface area contributed by atoms with Crippen LogP contribution in [0.2, 0.25) is 0 Å². The highest BCUT2D eigenvalue weighted by molar-refractivity contribution is 5.45. The molecule has 6 nitrogen and oxygen atoms in total. The number of hydrogen-bond donors (Lipinski definition) is 1. The standard InChI is InChI=1S/C15H15NO5/c1-20-10-21-12-8-6-11(7-9-12)15(17)13-4-2-3-5-14(13)16(18)19/h2-9,15,17H,10H2,1H3. The molecule has 2 rings (SSSR count). The molecule has 0 aliphatic rings. The van der Waals surface area contributed by atoms with Gasteiger partial charge in [0, 0.05) is 13.2 Å². The molecule has 0 fully saturated rings. The third-order valence-corrected chi connectivity index (χ3v) is 2.97. The minimum absolute atomic E-state index is 0.107. The molecule has 1 N–H and O–H groups in total. The molecular weight excluding hydrogens is 274 g/mol. The van der Waals surface area contributed by atoms with Gasteiger partial charge in [-0.2, -0.15) is 0 Å². The number of para-hydroxylation sites is 1. The maximum absolute atomic E-state index is 11.0. The first-order valence-electron chi connectivity index (χ1n) is 6.26. The van der Waals surface area contributed by atoms with Crippen LogP contribution in [0.1, 0.15) is 17.2 Å². The number of hydrogen-bond acceptors (Lipinski definition) is 5. The Morgan fingerprint density at radius 2 is 1.86 bits per heavy atom. The Labute approximate surface area is 121 Å². The number of nitrogens with zero attached hydrogens (tertiary/aromatic N) is 1. The summed E-state index contributed by atoms with van der Waals surface area (Å²) >= 11 is 0. The summed E-state index contributed by atoms with van der Waals surface area (Å²) in [7, 11) is 1.52. The minimum atomic E-state index is -1.07. The first kappa shape index (κ1) is 15.0. The average Bonchev–Trinajstić information content (AvgIpc) is 2.52. The summed E-state index contributed by atoms with van der Waals surface area (Å²) < 4.78 is 10.0. The van der Waals surface area contributed by atoms with Crippen molar-refractivity contribution in [3.8, 4) is 5.75 Å². The maximum Gasteiger partial charge on any atom is 0.275 e. The second-order valence-corrected chi connectivity index (χ2v) is 4.34. The predicted molar refractivity (Wildman–Crippen MR) is 76.1 cm³/mol. The molecule has 6 heteroatoms. The number of nitro benzene ring substituents is 1. The molecular formula is C15H15NO5. The van der Waals surface area contributed by atoms with Crippen LogP contribution in [0, 0.1) is 10.1 Å². The van der Waals surface area contributed by atoms with Crippen molar-refractivity contribution < 1.29 is 19.5 Å². The Bertz CT molecular complexity index is 612. The summed E-state index contributed by atoms with van der Waals surface area (Å²) in [5, 5.41) is 21.3. The molecule has 0 saturated carbocycles.